The molecular weight excluding hydrogens is 220 g/mol. The molecule has 2 unspecified atom stereocenters. The highest BCUT2D eigenvalue weighted by Gasteiger charge is 2.23. The molecule has 1 saturated carbocycles. The van der Waals surface area contributed by atoms with Gasteiger partial charge in [-0.25, -0.2) is 0 Å². The summed E-state index contributed by atoms with van der Waals surface area (Å²) in [5.41, 5.74) is 2.52. The summed E-state index contributed by atoms with van der Waals surface area (Å²) >= 11 is 0. The number of hydrogen-bond acceptors (Lipinski definition) is 1. The first-order valence-electron chi connectivity index (χ1n) is 7.34. The molecule has 2 atom stereocenters. The van der Waals surface area contributed by atoms with Gasteiger partial charge in [0, 0.05) is 0 Å². The topological polar surface area (TPSA) is 20.2 Å². The van der Waals surface area contributed by atoms with E-state index >= 15 is 0 Å². The van der Waals surface area contributed by atoms with Crippen molar-refractivity contribution in [2.24, 2.45) is 11.8 Å². The summed E-state index contributed by atoms with van der Waals surface area (Å²) in [4.78, 5) is 0. The molecule has 1 aliphatic carbocycles. The van der Waals surface area contributed by atoms with E-state index in [9.17, 15) is 5.11 Å². The van der Waals surface area contributed by atoms with E-state index in [-0.39, 0.29) is 6.10 Å². The van der Waals surface area contributed by atoms with Gasteiger partial charge < -0.3 is 5.11 Å². The average Bonchev–Trinajstić information content (AvgIpc) is 3.11. The monoisotopic (exact) mass is 246 g/mol. The fraction of sp³-hybridized carbons (Fsp3) is 0.647. The van der Waals surface area contributed by atoms with E-state index < -0.39 is 0 Å². The summed E-state index contributed by atoms with van der Waals surface area (Å²) in [5, 5.41) is 10.2. The van der Waals surface area contributed by atoms with Gasteiger partial charge >= 0.3 is 0 Å². The van der Waals surface area contributed by atoms with E-state index in [2.05, 4.69) is 45.0 Å². The number of hydrogen-bond donors (Lipinski definition) is 1. The largest absolute Gasteiger partial charge is 0.388 e. The maximum absolute atomic E-state index is 10.2. The summed E-state index contributed by atoms with van der Waals surface area (Å²) in [7, 11) is 0. The van der Waals surface area contributed by atoms with Crippen LogP contribution in [0.1, 0.15) is 69.6 Å². The van der Waals surface area contributed by atoms with Crippen LogP contribution in [0.5, 0.6) is 0 Å². The molecule has 0 saturated heterocycles. The Morgan fingerprint density at radius 3 is 2.17 bits per heavy atom. The molecule has 0 spiro atoms. The molecule has 0 radical (unpaired) electrons. The van der Waals surface area contributed by atoms with Gasteiger partial charge in [0.05, 0.1) is 6.10 Å². The van der Waals surface area contributed by atoms with Crippen molar-refractivity contribution < 1.29 is 5.11 Å². The van der Waals surface area contributed by atoms with Gasteiger partial charge in [-0.05, 0) is 54.6 Å². The van der Waals surface area contributed by atoms with E-state index in [1.165, 1.54) is 24.8 Å². The lowest BCUT2D eigenvalue weighted by molar-refractivity contribution is 0.142. The van der Waals surface area contributed by atoms with Gasteiger partial charge in [0.15, 0.2) is 0 Å². The SMILES string of the molecule is CC(C)CC(C)CC(O)c1ccc(C2CC2)cc1. The quantitative estimate of drug-likeness (QED) is 0.773. The van der Waals surface area contributed by atoms with Crippen molar-refractivity contribution >= 4 is 0 Å². The van der Waals surface area contributed by atoms with Crippen LogP contribution in [-0.2, 0) is 0 Å². The van der Waals surface area contributed by atoms with Gasteiger partial charge in [-0.3, -0.25) is 0 Å². The lowest BCUT2D eigenvalue weighted by atomic mass is 9.91. The van der Waals surface area contributed by atoms with Gasteiger partial charge in [-0.15, -0.1) is 0 Å². The lowest BCUT2D eigenvalue weighted by Gasteiger charge is -2.18. The Bertz CT molecular complexity index is 362. The molecule has 1 aromatic carbocycles. The van der Waals surface area contributed by atoms with Crippen molar-refractivity contribution in [2.45, 2.75) is 58.5 Å². The van der Waals surface area contributed by atoms with Crippen LogP contribution in [0, 0.1) is 11.8 Å². The molecule has 1 nitrogen and oxygen atoms in total. The minimum Gasteiger partial charge on any atom is -0.388 e. The van der Waals surface area contributed by atoms with E-state index in [1.807, 2.05) is 0 Å². The molecule has 0 aliphatic heterocycles. The van der Waals surface area contributed by atoms with E-state index in [4.69, 9.17) is 0 Å². The Kier molecular flexibility index (Phi) is 4.45. The standard InChI is InChI=1S/C17H26O/c1-12(2)10-13(3)11-17(18)16-8-6-15(7-9-16)14-4-5-14/h6-9,12-14,17-18H,4-5,10-11H2,1-3H3. The zero-order valence-electron chi connectivity index (χ0n) is 11.9. The normalized spacial score (nSPS) is 18.9. The Labute approximate surface area is 111 Å². The van der Waals surface area contributed by atoms with Gasteiger partial charge in [0.25, 0.3) is 0 Å². The van der Waals surface area contributed by atoms with Crippen molar-refractivity contribution in [2.75, 3.05) is 0 Å². The van der Waals surface area contributed by atoms with Gasteiger partial charge in [0.1, 0.15) is 0 Å². The Morgan fingerprint density at radius 1 is 1.06 bits per heavy atom. The summed E-state index contributed by atoms with van der Waals surface area (Å²) in [6, 6.07) is 8.62. The first kappa shape index (κ1) is 13.6. The van der Waals surface area contributed by atoms with Crippen molar-refractivity contribution in [1.29, 1.82) is 0 Å². The van der Waals surface area contributed by atoms with Crippen LogP contribution in [-0.4, -0.2) is 5.11 Å². The lowest BCUT2D eigenvalue weighted by Crippen LogP contribution is -2.07. The van der Waals surface area contributed by atoms with E-state index in [1.54, 1.807) is 0 Å². The number of benzene rings is 1. The number of rotatable bonds is 6. The van der Waals surface area contributed by atoms with Crippen LogP contribution < -0.4 is 0 Å². The van der Waals surface area contributed by atoms with Crippen LogP contribution in [0.4, 0.5) is 0 Å². The molecule has 1 fully saturated rings. The molecule has 2 rings (SSSR count). The Hall–Kier alpha value is -0.820. The fourth-order valence-electron chi connectivity index (χ4n) is 2.83. The van der Waals surface area contributed by atoms with Crippen LogP contribution in [0.15, 0.2) is 24.3 Å². The average molecular weight is 246 g/mol. The molecule has 0 aromatic heterocycles. The van der Waals surface area contributed by atoms with Crippen molar-refractivity contribution in [3.05, 3.63) is 35.4 Å². The molecule has 1 aliphatic rings. The van der Waals surface area contributed by atoms with Crippen molar-refractivity contribution in [3.8, 4) is 0 Å². The smallest absolute Gasteiger partial charge is 0.0792 e. The molecule has 1 aromatic rings. The first-order valence-corrected chi connectivity index (χ1v) is 7.34. The third-order valence-electron chi connectivity index (χ3n) is 3.87. The Morgan fingerprint density at radius 2 is 1.67 bits per heavy atom. The molecule has 0 amide bonds. The highest BCUT2D eigenvalue weighted by Crippen LogP contribution is 2.40. The minimum absolute atomic E-state index is 0.299. The summed E-state index contributed by atoms with van der Waals surface area (Å²) in [5.74, 6) is 2.10. The van der Waals surface area contributed by atoms with Crippen LogP contribution in [0.25, 0.3) is 0 Å². The predicted octanol–water partition coefficient (Wildman–Crippen LogP) is 4.67. The second kappa shape index (κ2) is 5.88. The molecule has 1 heteroatoms. The summed E-state index contributed by atoms with van der Waals surface area (Å²) < 4.78 is 0. The molecule has 0 bridgehead atoms. The maximum atomic E-state index is 10.2. The first-order chi connectivity index (χ1) is 8.56. The van der Waals surface area contributed by atoms with Crippen molar-refractivity contribution in [3.63, 3.8) is 0 Å². The van der Waals surface area contributed by atoms with Crippen LogP contribution in [0.3, 0.4) is 0 Å². The van der Waals surface area contributed by atoms with Crippen LogP contribution in [0.2, 0.25) is 0 Å². The molecule has 0 heterocycles. The molecule has 18 heavy (non-hydrogen) atoms. The predicted molar refractivity (Wildman–Crippen MR) is 76.6 cm³/mol. The third kappa shape index (κ3) is 3.84. The van der Waals surface area contributed by atoms with E-state index in [0.717, 1.165) is 17.9 Å². The Balaban J connectivity index is 1.89. The van der Waals surface area contributed by atoms with Gasteiger partial charge in [0.2, 0.25) is 0 Å². The zero-order valence-corrected chi connectivity index (χ0v) is 11.9. The van der Waals surface area contributed by atoms with Gasteiger partial charge in [-0.1, -0.05) is 45.0 Å². The highest BCUT2D eigenvalue weighted by atomic mass is 16.3. The van der Waals surface area contributed by atoms with Crippen LogP contribution >= 0.6 is 0 Å². The summed E-state index contributed by atoms with van der Waals surface area (Å²) in [6.45, 7) is 6.72. The molecule has 1 N–H and O–H groups in total. The number of aliphatic hydroxyl groups excluding tert-OH is 1. The minimum atomic E-state index is -0.299. The van der Waals surface area contributed by atoms with Gasteiger partial charge in [-0.2, -0.15) is 0 Å². The van der Waals surface area contributed by atoms with E-state index in [0.29, 0.717) is 11.8 Å². The highest BCUT2D eigenvalue weighted by molar-refractivity contribution is 5.29. The fourth-order valence-corrected chi connectivity index (χ4v) is 2.83. The number of aliphatic hydroxyl groups is 1. The zero-order chi connectivity index (χ0) is 13.1. The second-order valence-corrected chi connectivity index (χ2v) is 6.43. The maximum Gasteiger partial charge on any atom is 0.0792 e. The molecular formula is C17H26O. The molecule has 100 valence electrons. The van der Waals surface area contributed by atoms with Crippen molar-refractivity contribution in [1.82, 2.24) is 0 Å². The summed E-state index contributed by atoms with van der Waals surface area (Å²) in [6.07, 6.45) is 4.45. The second-order valence-electron chi connectivity index (χ2n) is 6.43. The third-order valence-corrected chi connectivity index (χ3v) is 3.87.